The van der Waals surface area contributed by atoms with Gasteiger partial charge in [0, 0.05) is 6.42 Å². The number of rotatable bonds is 9. The van der Waals surface area contributed by atoms with Gasteiger partial charge in [-0.05, 0) is 5.92 Å². The highest BCUT2D eigenvalue weighted by atomic mass is 16.7. The molecule has 130 valence electrons. The summed E-state index contributed by atoms with van der Waals surface area (Å²) in [4.78, 5) is 10.6. The Hall–Kier alpha value is -0.770. The Morgan fingerprint density at radius 2 is 1.95 bits per heavy atom. The molecule has 1 heterocycles. The van der Waals surface area contributed by atoms with Crippen LogP contribution in [0.1, 0.15) is 33.1 Å². The Morgan fingerprint density at radius 1 is 1.32 bits per heavy atom. The predicted octanol–water partition coefficient (Wildman–Crippen LogP) is -0.918. The molecule has 0 amide bonds. The molecule has 0 aromatic heterocycles. The normalized spacial score (nSPS) is 32.6. The van der Waals surface area contributed by atoms with Crippen molar-refractivity contribution in [2.75, 3.05) is 6.61 Å². The minimum absolute atomic E-state index is 0.00966. The fourth-order valence-electron chi connectivity index (χ4n) is 2.39. The van der Waals surface area contributed by atoms with Gasteiger partial charge in [0.15, 0.2) is 6.29 Å². The van der Waals surface area contributed by atoms with E-state index >= 15 is 0 Å². The minimum atomic E-state index is -1.31. The summed E-state index contributed by atoms with van der Waals surface area (Å²) in [6, 6.07) is 0. The van der Waals surface area contributed by atoms with Crippen LogP contribution in [0.2, 0.25) is 0 Å². The summed E-state index contributed by atoms with van der Waals surface area (Å²) in [5.74, 6) is -1.12. The van der Waals surface area contributed by atoms with Gasteiger partial charge >= 0.3 is 5.97 Å². The zero-order chi connectivity index (χ0) is 16.9. The Balaban J connectivity index is 2.67. The molecule has 22 heavy (non-hydrogen) atoms. The third-order valence-electron chi connectivity index (χ3n) is 4.00. The van der Waals surface area contributed by atoms with E-state index < -0.39 is 55.8 Å². The van der Waals surface area contributed by atoms with E-state index in [2.05, 4.69) is 0 Å². The van der Waals surface area contributed by atoms with Crippen LogP contribution in [-0.2, 0) is 14.3 Å². The number of hydrogen-bond donors (Lipinski definition) is 5. The van der Waals surface area contributed by atoms with Crippen LogP contribution < -0.4 is 0 Å². The summed E-state index contributed by atoms with van der Waals surface area (Å²) in [7, 11) is 0. The Labute approximate surface area is 129 Å². The molecule has 0 unspecified atom stereocenters. The average Bonchev–Trinajstić information content (AvgIpc) is 2.72. The van der Waals surface area contributed by atoms with Crippen LogP contribution in [-0.4, -0.2) is 74.9 Å². The van der Waals surface area contributed by atoms with Crippen molar-refractivity contribution < 1.29 is 39.8 Å². The number of carboxylic acid groups (broad SMARTS) is 1. The molecular weight excluding hydrogens is 296 g/mol. The number of hydrogen-bond acceptors (Lipinski definition) is 7. The molecule has 7 atom stereocenters. The summed E-state index contributed by atoms with van der Waals surface area (Å²) in [6.45, 7) is 3.34. The highest BCUT2D eigenvalue weighted by Crippen LogP contribution is 2.27. The predicted molar refractivity (Wildman–Crippen MR) is 75.0 cm³/mol. The monoisotopic (exact) mass is 322 g/mol. The van der Waals surface area contributed by atoms with Gasteiger partial charge < -0.3 is 35.0 Å². The molecule has 1 fully saturated rings. The summed E-state index contributed by atoms with van der Waals surface area (Å²) < 4.78 is 10.9. The van der Waals surface area contributed by atoms with Crippen LogP contribution >= 0.6 is 0 Å². The lowest BCUT2D eigenvalue weighted by molar-refractivity contribution is -0.208. The molecule has 0 bridgehead atoms. The Bertz CT molecular complexity index is 350. The third kappa shape index (κ3) is 5.15. The van der Waals surface area contributed by atoms with Crippen LogP contribution in [0.4, 0.5) is 0 Å². The van der Waals surface area contributed by atoms with E-state index in [0.29, 0.717) is 0 Å². The summed E-state index contributed by atoms with van der Waals surface area (Å²) in [6.07, 6.45) is -5.82. The van der Waals surface area contributed by atoms with Crippen molar-refractivity contribution in [3.8, 4) is 0 Å². The molecule has 8 nitrogen and oxygen atoms in total. The summed E-state index contributed by atoms with van der Waals surface area (Å²) >= 11 is 0. The molecule has 0 radical (unpaired) electrons. The fourth-order valence-corrected chi connectivity index (χ4v) is 2.39. The first-order valence-corrected chi connectivity index (χ1v) is 7.47. The second-order valence-corrected chi connectivity index (χ2v) is 5.75. The lowest BCUT2D eigenvalue weighted by Crippen LogP contribution is -2.38. The van der Waals surface area contributed by atoms with Gasteiger partial charge in [-0.3, -0.25) is 4.79 Å². The SMILES string of the molecule is CC[C@H](C)[C@H](C[C@@H](O)CC(=O)O)O[C@@H]1O[C@@H](CO)[C@H](O)[C@H]1O. The van der Waals surface area contributed by atoms with Crippen molar-refractivity contribution in [1.82, 2.24) is 0 Å². The first-order chi connectivity index (χ1) is 10.3. The van der Waals surface area contributed by atoms with Gasteiger partial charge in [-0.25, -0.2) is 0 Å². The minimum Gasteiger partial charge on any atom is -0.481 e. The highest BCUT2D eigenvalue weighted by molar-refractivity contribution is 5.67. The van der Waals surface area contributed by atoms with E-state index in [-0.39, 0.29) is 12.3 Å². The number of ether oxygens (including phenoxy) is 2. The summed E-state index contributed by atoms with van der Waals surface area (Å²) in [5, 5.41) is 47.1. The maximum atomic E-state index is 10.6. The average molecular weight is 322 g/mol. The molecule has 1 aliphatic rings. The van der Waals surface area contributed by atoms with Gasteiger partial charge in [-0.1, -0.05) is 20.3 Å². The molecule has 0 aliphatic carbocycles. The van der Waals surface area contributed by atoms with Gasteiger partial charge in [-0.2, -0.15) is 0 Å². The molecule has 0 saturated carbocycles. The van der Waals surface area contributed by atoms with Crippen molar-refractivity contribution in [3.63, 3.8) is 0 Å². The summed E-state index contributed by atoms with van der Waals surface area (Å²) in [5.41, 5.74) is 0. The second-order valence-electron chi connectivity index (χ2n) is 5.75. The van der Waals surface area contributed by atoms with Crippen molar-refractivity contribution in [2.45, 2.75) is 69.9 Å². The van der Waals surface area contributed by atoms with E-state index in [4.69, 9.17) is 19.7 Å². The maximum Gasteiger partial charge on any atom is 0.305 e. The van der Waals surface area contributed by atoms with Crippen molar-refractivity contribution in [3.05, 3.63) is 0 Å². The number of carbonyl (C=O) groups is 1. The largest absolute Gasteiger partial charge is 0.481 e. The zero-order valence-electron chi connectivity index (χ0n) is 12.8. The highest BCUT2D eigenvalue weighted by Gasteiger charge is 2.44. The standard InChI is InChI=1S/C14H26O8/c1-3-7(2)9(4-8(16)5-11(17)18)21-14-13(20)12(19)10(6-15)22-14/h7-10,12-16,19-20H,3-6H2,1-2H3,(H,17,18)/t7-,8+,9-,10-,12-,13+,14+/m0/s1. The second kappa shape index (κ2) is 8.76. The van der Waals surface area contributed by atoms with Crippen LogP contribution in [0.5, 0.6) is 0 Å². The number of aliphatic carboxylic acids is 1. The number of carboxylic acids is 1. The van der Waals surface area contributed by atoms with E-state index in [9.17, 15) is 20.1 Å². The lowest BCUT2D eigenvalue weighted by Gasteiger charge is -2.29. The third-order valence-corrected chi connectivity index (χ3v) is 4.00. The fraction of sp³-hybridized carbons (Fsp3) is 0.929. The topological polar surface area (TPSA) is 137 Å². The molecule has 5 N–H and O–H groups in total. The van der Waals surface area contributed by atoms with Gasteiger partial charge in [-0.15, -0.1) is 0 Å². The molecule has 1 saturated heterocycles. The van der Waals surface area contributed by atoms with Gasteiger partial charge in [0.05, 0.1) is 25.2 Å². The first-order valence-electron chi connectivity index (χ1n) is 7.47. The molecule has 1 aliphatic heterocycles. The van der Waals surface area contributed by atoms with Crippen LogP contribution in [0, 0.1) is 5.92 Å². The van der Waals surface area contributed by atoms with Crippen LogP contribution in [0.3, 0.4) is 0 Å². The van der Waals surface area contributed by atoms with Crippen LogP contribution in [0.25, 0.3) is 0 Å². The quantitative estimate of drug-likeness (QED) is 0.368. The molecule has 1 rings (SSSR count). The smallest absolute Gasteiger partial charge is 0.305 e. The Morgan fingerprint density at radius 3 is 2.41 bits per heavy atom. The van der Waals surface area contributed by atoms with E-state index in [0.717, 1.165) is 6.42 Å². The Kier molecular flexibility index (Phi) is 7.67. The van der Waals surface area contributed by atoms with E-state index in [1.807, 2.05) is 13.8 Å². The molecule has 0 aromatic carbocycles. The van der Waals surface area contributed by atoms with E-state index in [1.165, 1.54) is 0 Å². The van der Waals surface area contributed by atoms with Gasteiger partial charge in [0.2, 0.25) is 0 Å². The molecule has 8 heteroatoms. The van der Waals surface area contributed by atoms with Crippen molar-refractivity contribution in [2.24, 2.45) is 5.92 Å². The van der Waals surface area contributed by atoms with E-state index in [1.54, 1.807) is 0 Å². The first kappa shape index (κ1) is 19.3. The van der Waals surface area contributed by atoms with Crippen molar-refractivity contribution >= 4 is 5.97 Å². The molecule has 0 spiro atoms. The molecular formula is C14H26O8. The lowest BCUT2D eigenvalue weighted by atomic mass is 9.95. The number of aliphatic hydroxyl groups is 4. The molecule has 0 aromatic rings. The van der Waals surface area contributed by atoms with Gasteiger partial charge in [0.1, 0.15) is 18.3 Å². The number of aliphatic hydroxyl groups excluding tert-OH is 4. The van der Waals surface area contributed by atoms with Gasteiger partial charge in [0.25, 0.3) is 0 Å². The van der Waals surface area contributed by atoms with Crippen LogP contribution in [0.15, 0.2) is 0 Å². The van der Waals surface area contributed by atoms with Crippen molar-refractivity contribution in [1.29, 1.82) is 0 Å². The zero-order valence-corrected chi connectivity index (χ0v) is 12.8. The maximum absolute atomic E-state index is 10.6.